The maximum atomic E-state index is 12.2. The fraction of sp³-hybridized carbons (Fsp3) is 0.368. The first kappa shape index (κ1) is 15.1. The standard InChI is InChI=1S/C19H22N4O/c1-2-3-18-21-17-12-23(9-7-15(17)19(24)22-18)11-13-4-5-14-6-8-20-16(14)10-13/h4-6,8,10,20H,2-3,7,9,11-12H2,1H3,(H,21,22,24). The topological polar surface area (TPSA) is 64.8 Å². The number of H-pyrrole nitrogens is 2. The van der Waals surface area contributed by atoms with Crippen LogP contribution in [0.15, 0.2) is 35.3 Å². The highest BCUT2D eigenvalue weighted by molar-refractivity contribution is 5.79. The van der Waals surface area contributed by atoms with Crippen LogP contribution in [-0.2, 0) is 25.9 Å². The molecule has 124 valence electrons. The molecule has 24 heavy (non-hydrogen) atoms. The summed E-state index contributed by atoms with van der Waals surface area (Å²) in [6, 6.07) is 8.63. The number of aromatic amines is 2. The summed E-state index contributed by atoms with van der Waals surface area (Å²) in [4.78, 5) is 25.5. The third-order valence-electron chi connectivity index (χ3n) is 4.71. The highest BCUT2D eigenvalue weighted by Gasteiger charge is 2.21. The fourth-order valence-corrected chi connectivity index (χ4v) is 3.49. The van der Waals surface area contributed by atoms with Crippen molar-refractivity contribution in [2.75, 3.05) is 6.54 Å². The molecule has 3 heterocycles. The molecule has 0 amide bonds. The number of hydrogen-bond acceptors (Lipinski definition) is 3. The molecule has 0 atom stereocenters. The van der Waals surface area contributed by atoms with Gasteiger partial charge in [0.25, 0.3) is 5.56 Å². The summed E-state index contributed by atoms with van der Waals surface area (Å²) in [6.07, 6.45) is 4.56. The van der Waals surface area contributed by atoms with Gasteiger partial charge in [0.1, 0.15) is 5.82 Å². The lowest BCUT2D eigenvalue weighted by Gasteiger charge is -2.27. The number of hydrogen-bond donors (Lipinski definition) is 2. The van der Waals surface area contributed by atoms with Crippen molar-refractivity contribution in [1.82, 2.24) is 19.9 Å². The molecule has 0 spiro atoms. The molecule has 2 aromatic heterocycles. The van der Waals surface area contributed by atoms with Crippen LogP contribution in [0.3, 0.4) is 0 Å². The molecule has 0 bridgehead atoms. The molecule has 3 aromatic rings. The zero-order chi connectivity index (χ0) is 16.5. The van der Waals surface area contributed by atoms with E-state index in [2.05, 4.69) is 46.1 Å². The van der Waals surface area contributed by atoms with Gasteiger partial charge in [0.15, 0.2) is 0 Å². The monoisotopic (exact) mass is 322 g/mol. The summed E-state index contributed by atoms with van der Waals surface area (Å²) in [5.41, 5.74) is 4.33. The minimum atomic E-state index is 0.0518. The van der Waals surface area contributed by atoms with E-state index in [4.69, 9.17) is 4.98 Å². The summed E-state index contributed by atoms with van der Waals surface area (Å²) >= 11 is 0. The van der Waals surface area contributed by atoms with Crippen molar-refractivity contribution >= 4 is 10.9 Å². The summed E-state index contributed by atoms with van der Waals surface area (Å²) in [6.45, 7) is 4.63. The van der Waals surface area contributed by atoms with Gasteiger partial charge in [-0.1, -0.05) is 19.1 Å². The third kappa shape index (κ3) is 2.87. The van der Waals surface area contributed by atoms with Crippen LogP contribution >= 0.6 is 0 Å². The normalized spacial score (nSPS) is 14.9. The Morgan fingerprint density at radius 1 is 1.29 bits per heavy atom. The number of benzene rings is 1. The Kier molecular flexibility index (Phi) is 3.94. The van der Waals surface area contributed by atoms with Crippen LogP contribution in [0.4, 0.5) is 0 Å². The Labute approximate surface area is 140 Å². The molecular formula is C19H22N4O. The van der Waals surface area contributed by atoms with Crippen molar-refractivity contribution < 1.29 is 0 Å². The van der Waals surface area contributed by atoms with Crippen LogP contribution in [0.1, 0.15) is 36.0 Å². The quantitative estimate of drug-likeness (QED) is 0.776. The van der Waals surface area contributed by atoms with Crippen LogP contribution in [-0.4, -0.2) is 26.4 Å². The number of rotatable bonds is 4. The van der Waals surface area contributed by atoms with Gasteiger partial charge < -0.3 is 9.97 Å². The lowest BCUT2D eigenvalue weighted by molar-refractivity contribution is 0.240. The number of fused-ring (bicyclic) bond motifs is 2. The van der Waals surface area contributed by atoms with Gasteiger partial charge in [-0.25, -0.2) is 4.98 Å². The van der Waals surface area contributed by atoms with E-state index in [1.54, 1.807) is 0 Å². The van der Waals surface area contributed by atoms with Crippen LogP contribution in [0, 0.1) is 0 Å². The van der Waals surface area contributed by atoms with Crippen molar-refractivity contribution in [2.45, 2.75) is 39.3 Å². The molecule has 2 N–H and O–H groups in total. The molecule has 0 fully saturated rings. The zero-order valence-electron chi connectivity index (χ0n) is 13.9. The molecule has 5 heteroatoms. The van der Waals surface area contributed by atoms with E-state index in [-0.39, 0.29) is 5.56 Å². The number of aryl methyl sites for hydroxylation is 1. The molecule has 0 saturated heterocycles. The first-order valence-electron chi connectivity index (χ1n) is 8.62. The lowest BCUT2D eigenvalue weighted by atomic mass is 10.0. The van der Waals surface area contributed by atoms with Crippen molar-refractivity contribution in [3.05, 3.63) is 63.5 Å². The summed E-state index contributed by atoms with van der Waals surface area (Å²) in [5, 5.41) is 1.24. The van der Waals surface area contributed by atoms with Gasteiger partial charge >= 0.3 is 0 Å². The summed E-state index contributed by atoms with van der Waals surface area (Å²) in [7, 11) is 0. The van der Waals surface area contributed by atoms with Gasteiger partial charge in [-0.15, -0.1) is 0 Å². The molecule has 0 radical (unpaired) electrons. The van der Waals surface area contributed by atoms with E-state index in [1.807, 2.05) is 6.20 Å². The number of nitrogens with zero attached hydrogens (tertiary/aromatic N) is 2. The third-order valence-corrected chi connectivity index (χ3v) is 4.71. The van der Waals surface area contributed by atoms with Gasteiger partial charge in [-0.05, 0) is 35.9 Å². The predicted molar refractivity (Wildman–Crippen MR) is 95.0 cm³/mol. The van der Waals surface area contributed by atoms with Crippen molar-refractivity contribution in [3.63, 3.8) is 0 Å². The lowest BCUT2D eigenvalue weighted by Crippen LogP contribution is -2.35. The Bertz CT molecular complexity index is 925. The van der Waals surface area contributed by atoms with Crippen molar-refractivity contribution in [2.24, 2.45) is 0 Å². The van der Waals surface area contributed by atoms with Gasteiger partial charge in [0, 0.05) is 43.3 Å². The maximum absolute atomic E-state index is 12.2. The van der Waals surface area contributed by atoms with Crippen LogP contribution < -0.4 is 5.56 Å². The van der Waals surface area contributed by atoms with E-state index in [9.17, 15) is 4.79 Å². The Hall–Kier alpha value is -2.40. The maximum Gasteiger partial charge on any atom is 0.254 e. The van der Waals surface area contributed by atoms with Gasteiger partial charge in [-0.2, -0.15) is 0 Å². The SMILES string of the molecule is CCCc1nc2c(c(=O)[nH]1)CCN(Cc1ccc3cc[nH]c3c1)C2. The van der Waals surface area contributed by atoms with E-state index < -0.39 is 0 Å². The van der Waals surface area contributed by atoms with E-state index in [0.717, 1.165) is 56.0 Å². The predicted octanol–water partition coefficient (Wildman–Crippen LogP) is 2.76. The van der Waals surface area contributed by atoms with Crippen LogP contribution in [0.5, 0.6) is 0 Å². The van der Waals surface area contributed by atoms with E-state index in [1.165, 1.54) is 16.5 Å². The minimum Gasteiger partial charge on any atom is -0.361 e. The molecular weight excluding hydrogens is 300 g/mol. The highest BCUT2D eigenvalue weighted by atomic mass is 16.1. The second-order valence-corrected chi connectivity index (χ2v) is 6.55. The first-order valence-corrected chi connectivity index (χ1v) is 8.62. The van der Waals surface area contributed by atoms with Gasteiger partial charge in [-0.3, -0.25) is 9.69 Å². The average molecular weight is 322 g/mol. The number of aromatic nitrogens is 3. The molecule has 1 aliphatic rings. The fourth-order valence-electron chi connectivity index (χ4n) is 3.49. The Morgan fingerprint density at radius 3 is 3.08 bits per heavy atom. The molecule has 1 aliphatic heterocycles. The van der Waals surface area contributed by atoms with Crippen LogP contribution in [0.2, 0.25) is 0 Å². The second kappa shape index (κ2) is 6.24. The highest BCUT2D eigenvalue weighted by Crippen LogP contribution is 2.19. The largest absolute Gasteiger partial charge is 0.361 e. The smallest absolute Gasteiger partial charge is 0.254 e. The van der Waals surface area contributed by atoms with Crippen LogP contribution in [0.25, 0.3) is 10.9 Å². The molecule has 0 saturated carbocycles. The summed E-state index contributed by atoms with van der Waals surface area (Å²) in [5.74, 6) is 0.816. The molecule has 0 aliphatic carbocycles. The first-order chi connectivity index (χ1) is 11.7. The Balaban J connectivity index is 1.55. The average Bonchev–Trinajstić information content (AvgIpc) is 3.02. The van der Waals surface area contributed by atoms with Crippen molar-refractivity contribution in [1.29, 1.82) is 0 Å². The van der Waals surface area contributed by atoms with Gasteiger partial charge in [0.2, 0.25) is 0 Å². The van der Waals surface area contributed by atoms with Crippen molar-refractivity contribution in [3.8, 4) is 0 Å². The van der Waals surface area contributed by atoms with Gasteiger partial charge in [0.05, 0.1) is 5.69 Å². The summed E-state index contributed by atoms with van der Waals surface area (Å²) < 4.78 is 0. The van der Waals surface area contributed by atoms with E-state index in [0.29, 0.717) is 0 Å². The molecule has 0 unspecified atom stereocenters. The second-order valence-electron chi connectivity index (χ2n) is 6.55. The molecule has 5 nitrogen and oxygen atoms in total. The molecule has 4 rings (SSSR count). The number of nitrogens with one attached hydrogen (secondary N) is 2. The zero-order valence-corrected chi connectivity index (χ0v) is 13.9. The molecule has 1 aromatic carbocycles. The van der Waals surface area contributed by atoms with E-state index >= 15 is 0 Å². The minimum absolute atomic E-state index is 0.0518. The Morgan fingerprint density at radius 2 is 2.21 bits per heavy atom.